The van der Waals surface area contributed by atoms with Gasteiger partial charge in [-0.2, -0.15) is 15.6 Å². The van der Waals surface area contributed by atoms with E-state index in [0.29, 0.717) is 0 Å². The molecule has 1 saturated heterocycles. The van der Waals surface area contributed by atoms with Crippen molar-refractivity contribution >= 4 is 0 Å². The van der Waals surface area contributed by atoms with E-state index in [0.717, 1.165) is 12.8 Å². The fraction of sp³-hybridized carbons (Fsp3) is 0.867. The topological polar surface area (TPSA) is 60.0 Å². The van der Waals surface area contributed by atoms with Gasteiger partial charge >= 0.3 is 0 Å². The third kappa shape index (κ3) is 2.61. The number of nitriles is 2. The maximum Gasteiger partial charge on any atom is 0.170 e. The monoisotopic (exact) mass is 263 g/mol. The van der Waals surface area contributed by atoms with Gasteiger partial charge in [0, 0.05) is 5.54 Å². The molecule has 19 heavy (non-hydrogen) atoms. The van der Waals surface area contributed by atoms with Gasteiger partial charge in [-0.25, -0.2) is 0 Å². The third-order valence-corrected chi connectivity index (χ3v) is 4.44. The molecule has 1 aliphatic heterocycles. The standard InChI is InChI=1S/C15H25N3O/c1-12(2,10-16)15(7)9-8-13(3,4)18(15)19-14(5,6)11-17/h8-9H2,1-7H3. The van der Waals surface area contributed by atoms with Gasteiger partial charge in [-0.05, 0) is 61.3 Å². The summed E-state index contributed by atoms with van der Waals surface area (Å²) in [5.74, 6) is 0. The molecule has 1 aliphatic rings. The van der Waals surface area contributed by atoms with E-state index in [1.165, 1.54) is 0 Å². The minimum absolute atomic E-state index is 0.184. The number of nitrogens with zero attached hydrogens (tertiary/aromatic N) is 3. The Balaban J connectivity index is 3.22. The summed E-state index contributed by atoms with van der Waals surface area (Å²) in [6, 6.07) is 4.56. The zero-order chi connectivity index (χ0) is 15.1. The number of rotatable bonds is 3. The molecule has 0 aromatic heterocycles. The molecule has 0 spiro atoms. The summed E-state index contributed by atoms with van der Waals surface area (Å²) in [7, 11) is 0. The minimum atomic E-state index is -0.894. The maximum atomic E-state index is 9.47. The average molecular weight is 263 g/mol. The first-order valence-corrected chi connectivity index (χ1v) is 6.74. The van der Waals surface area contributed by atoms with Gasteiger partial charge in [0.15, 0.2) is 5.60 Å². The Hall–Kier alpha value is -1.10. The molecule has 0 aromatic carbocycles. The summed E-state index contributed by atoms with van der Waals surface area (Å²) in [6.45, 7) is 13.6. The summed E-state index contributed by atoms with van der Waals surface area (Å²) >= 11 is 0. The Morgan fingerprint density at radius 1 is 1.00 bits per heavy atom. The van der Waals surface area contributed by atoms with Gasteiger partial charge in [0.05, 0.1) is 23.1 Å². The van der Waals surface area contributed by atoms with E-state index >= 15 is 0 Å². The van der Waals surface area contributed by atoms with Crippen molar-refractivity contribution in [3.63, 3.8) is 0 Å². The van der Waals surface area contributed by atoms with E-state index in [2.05, 4.69) is 32.9 Å². The third-order valence-electron chi connectivity index (χ3n) is 4.44. The first kappa shape index (κ1) is 16.0. The van der Waals surface area contributed by atoms with Crippen LogP contribution < -0.4 is 0 Å². The Labute approximate surface area is 116 Å². The molecule has 0 aromatic rings. The van der Waals surface area contributed by atoms with Crippen LogP contribution in [-0.4, -0.2) is 21.7 Å². The van der Waals surface area contributed by atoms with E-state index in [9.17, 15) is 10.5 Å². The molecule has 0 radical (unpaired) electrons. The van der Waals surface area contributed by atoms with Crippen LogP contribution in [0, 0.1) is 28.1 Å². The van der Waals surface area contributed by atoms with Crippen molar-refractivity contribution in [3.8, 4) is 12.1 Å². The van der Waals surface area contributed by atoms with Gasteiger partial charge in [-0.1, -0.05) is 0 Å². The largest absolute Gasteiger partial charge is 0.277 e. The molecule has 0 amide bonds. The molecule has 0 bridgehead atoms. The van der Waals surface area contributed by atoms with E-state index in [4.69, 9.17) is 4.84 Å². The van der Waals surface area contributed by atoms with Crippen LogP contribution in [0.15, 0.2) is 0 Å². The first-order chi connectivity index (χ1) is 8.42. The fourth-order valence-electron chi connectivity index (χ4n) is 2.58. The molecule has 0 aliphatic carbocycles. The van der Waals surface area contributed by atoms with Crippen LogP contribution in [0.25, 0.3) is 0 Å². The van der Waals surface area contributed by atoms with Crippen LogP contribution in [0.4, 0.5) is 0 Å². The van der Waals surface area contributed by atoms with Crippen LogP contribution in [0.1, 0.15) is 61.3 Å². The lowest BCUT2D eigenvalue weighted by atomic mass is 9.73. The molecule has 4 heteroatoms. The second-order valence-electron chi connectivity index (χ2n) is 7.33. The first-order valence-electron chi connectivity index (χ1n) is 6.74. The lowest BCUT2D eigenvalue weighted by Crippen LogP contribution is -2.58. The van der Waals surface area contributed by atoms with E-state index in [1.807, 2.05) is 18.9 Å². The molecule has 106 valence electrons. The van der Waals surface area contributed by atoms with Gasteiger partial charge in [0.1, 0.15) is 0 Å². The quantitative estimate of drug-likeness (QED) is 0.783. The zero-order valence-corrected chi connectivity index (χ0v) is 13.2. The van der Waals surface area contributed by atoms with Crippen molar-refractivity contribution < 1.29 is 4.84 Å². The van der Waals surface area contributed by atoms with Crippen molar-refractivity contribution in [1.29, 1.82) is 10.5 Å². The second-order valence-corrected chi connectivity index (χ2v) is 7.33. The molecule has 0 N–H and O–H groups in total. The number of hydrogen-bond donors (Lipinski definition) is 0. The predicted molar refractivity (Wildman–Crippen MR) is 73.7 cm³/mol. The highest BCUT2D eigenvalue weighted by molar-refractivity contribution is 5.14. The smallest absolute Gasteiger partial charge is 0.170 e. The van der Waals surface area contributed by atoms with Crippen LogP contribution in [0.5, 0.6) is 0 Å². The summed E-state index contributed by atoms with van der Waals surface area (Å²) in [5.41, 5.74) is -2.03. The summed E-state index contributed by atoms with van der Waals surface area (Å²) in [6.07, 6.45) is 1.82. The predicted octanol–water partition coefficient (Wildman–Crippen LogP) is 3.40. The molecule has 0 saturated carbocycles. The van der Waals surface area contributed by atoms with Crippen molar-refractivity contribution in [2.24, 2.45) is 5.41 Å². The van der Waals surface area contributed by atoms with E-state index in [1.54, 1.807) is 13.8 Å². The van der Waals surface area contributed by atoms with E-state index in [-0.39, 0.29) is 5.54 Å². The summed E-state index contributed by atoms with van der Waals surface area (Å²) in [5, 5.41) is 20.5. The molecular formula is C15H25N3O. The van der Waals surface area contributed by atoms with Crippen LogP contribution in [0.2, 0.25) is 0 Å². The Bertz CT molecular complexity index is 439. The summed E-state index contributed by atoms with van der Waals surface area (Å²) < 4.78 is 0. The van der Waals surface area contributed by atoms with Gasteiger partial charge < -0.3 is 0 Å². The maximum absolute atomic E-state index is 9.47. The average Bonchev–Trinajstić information content (AvgIpc) is 2.54. The van der Waals surface area contributed by atoms with Crippen molar-refractivity contribution in [2.45, 2.75) is 78.0 Å². The molecule has 1 atom stereocenters. The molecule has 1 heterocycles. The molecule has 1 rings (SSSR count). The second kappa shape index (κ2) is 4.47. The lowest BCUT2D eigenvalue weighted by molar-refractivity contribution is -0.298. The normalized spacial score (nSPS) is 27.8. The molecule has 4 nitrogen and oxygen atoms in total. The minimum Gasteiger partial charge on any atom is -0.277 e. The summed E-state index contributed by atoms with van der Waals surface area (Å²) in [4.78, 5) is 5.99. The zero-order valence-electron chi connectivity index (χ0n) is 13.2. The Morgan fingerprint density at radius 3 is 1.95 bits per heavy atom. The highest BCUT2D eigenvalue weighted by atomic mass is 16.7. The highest BCUT2D eigenvalue weighted by Gasteiger charge is 2.57. The van der Waals surface area contributed by atoms with Crippen molar-refractivity contribution in [1.82, 2.24) is 5.06 Å². The van der Waals surface area contributed by atoms with Crippen LogP contribution in [-0.2, 0) is 4.84 Å². The van der Waals surface area contributed by atoms with Gasteiger partial charge in [0.2, 0.25) is 0 Å². The number of hydroxylamine groups is 2. The van der Waals surface area contributed by atoms with Crippen molar-refractivity contribution in [2.75, 3.05) is 0 Å². The van der Waals surface area contributed by atoms with Crippen molar-refractivity contribution in [3.05, 3.63) is 0 Å². The van der Waals surface area contributed by atoms with Gasteiger partial charge in [0.25, 0.3) is 0 Å². The SMILES string of the molecule is CC(C)(C#N)ON1C(C)(C)CCC1(C)C(C)(C)C#N. The Morgan fingerprint density at radius 2 is 1.53 bits per heavy atom. The molecule has 1 unspecified atom stereocenters. The Kier molecular flexibility index (Phi) is 3.76. The van der Waals surface area contributed by atoms with Crippen LogP contribution in [0.3, 0.4) is 0 Å². The van der Waals surface area contributed by atoms with Gasteiger partial charge in [-0.15, -0.1) is 0 Å². The van der Waals surface area contributed by atoms with E-state index < -0.39 is 16.6 Å². The molecular weight excluding hydrogens is 238 g/mol. The highest BCUT2D eigenvalue weighted by Crippen LogP contribution is 2.50. The molecule has 1 fully saturated rings. The number of hydrogen-bond acceptors (Lipinski definition) is 4. The van der Waals surface area contributed by atoms with Crippen LogP contribution >= 0.6 is 0 Å². The van der Waals surface area contributed by atoms with Gasteiger partial charge in [-0.3, -0.25) is 4.84 Å². The lowest BCUT2D eigenvalue weighted by Gasteiger charge is -2.48. The fourth-order valence-corrected chi connectivity index (χ4v) is 2.58.